The highest BCUT2D eigenvalue weighted by atomic mass is 28.3. The van der Waals surface area contributed by atoms with Gasteiger partial charge in [-0.3, -0.25) is 0 Å². The maximum Gasteiger partial charge on any atom is 0.180 e. The highest BCUT2D eigenvalue weighted by Crippen LogP contribution is 2.49. The Kier molecular flexibility index (Phi) is 10.6. The largest absolute Gasteiger partial charge is 0.310 e. The summed E-state index contributed by atoms with van der Waals surface area (Å²) in [5.74, 6) is 0. The molecular formula is C74H50N2Si. The Hall–Kier alpha value is -9.80. The number of benzene rings is 13. The number of fused-ring (bicyclic) bond motifs is 8. The molecule has 0 unspecified atom stereocenters. The molecule has 1 aliphatic heterocycles. The van der Waals surface area contributed by atoms with Gasteiger partial charge in [-0.2, -0.15) is 0 Å². The van der Waals surface area contributed by atoms with Crippen LogP contribution in [0.2, 0.25) is 0 Å². The first kappa shape index (κ1) is 44.7. The molecule has 0 aliphatic carbocycles. The summed E-state index contributed by atoms with van der Waals surface area (Å²) in [7, 11) is -2.83. The van der Waals surface area contributed by atoms with Gasteiger partial charge in [-0.25, -0.2) is 0 Å². The zero-order valence-corrected chi connectivity index (χ0v) is 43.3. The van der Waals surface area contributed by atoms with Crippen molar-refractivity contribution in [2.45, 2.75) is 0 Å². The molecule has 13 aromatic carbocycles. The van der Waals surface area contributed by atoms with E-state index in [2.05, 4.69) is 313 Å². The van der Waals surface area contributed by atoms with Gasteiger partial charge in [0, 0.05) is 33.4 Å². The van der Waals surface area contributed by atoms with Crippen molar-refractivity contribution in [1.82, 2.24) is 4.57 Å². The molecule has 14 aromatic rings. The van der Waals surface area contributed by atoms with Crippen molar-refractivity contribution < 1.29 is 0 Å². The van der Waals surface area contributed by atoms with Crippen LogP contribution in [0.1, 0.15) is 0 Å². The average molecular weight is 995 g/mol. The molecule has 0 amide bonds. The van der Waals surface area contributed by atoms with Crippen molar-refractivity contribution in [2.75, 3.05) is 4.90 Å². The molecule has 1 aliphatic rings. The molecule has 360 valence electrons. The fourth-order valence-electron chi connectivity index (χ4n) is 12.9. The van der Waals surface area contributed by atoms with Crippen LogP contribution >= 0.6 is 0 Å². The van der Waals surface area contributed by atoms with Crippen LogP contribution in [0.15, 0.2) is 303 Å². The molecule has 0 atom stereocenters. The summed E-state index contributed by atoms with van der Waals surface area (Å²) in [5.41, 5.74) is 16.5. The van der Waals surface area contributed by atoms with Crippen LogP contribution in [-0.4, -0.2) is 12.6 Å². The van der Waals surface area contributed by atoms with Crippen molar-refractivity contribution in [3.8, 4) is 50.2 Å². The van der Waals surface area contributed by atoms with Gasteiger partial charge in [0.25, 0.3) is 0 Å². The van der Waals surface area contributed by atoms with Gasteiger partial charge in [0.2, 0.25) is 0 Å². The maximum absolute atomic E-state index is 2.83. The molecule has 2 heterocycles. The molecule has 1 aromatic heterocycles. The van der Waals surface area contributed by atoms with E-state index in [-0.39, 0.29) is 0 Å². The molecule has 0 spiro atoms. The predicted molar refractivity (Wildman–Crippen MR) is 329 cm³/mol. The molecule has 0 radical (unpaired) electrons. The fraction of sp³-hybridized carbons (Fsp3) is 0. The van der Waals surface area contributed by atoms with Crippen LogP contribution in [-0.2, 0) is 0 Å². The van der Waals surface area contributed by atoms with Crippen LogP contribution in [0.5, 0.6) is 0 Å². The van der Waals surface area contributed by atoms with E-state index in [9.17, 15) is 0 Å². The lowest BCUT2D eigenvalue weighted by molar-refractivity contribution is 1.18. The number of hydrogen-bond acceptors (Lipinski definition) is 1. The van der Waals surface area contributed by atoms with E-state index in [1.165, 1.54) is 103 Å². The third-order valence-electron chi connectivity index (χ3n) is 16.3. The van der Waals surface area contributed by atoms with Crippen LogP contribution in [0, 0.1) is 0 Å². The van der Waals surface area contributed by atoms with Crippen molar-refractivity contribution in [3.63, 3.8) is 0 Å². The highest BCUT2D eigenvalue weighted by Gasteiger charge is 2.49. The van der Waals surface area contributed by atoms with Gasteiger partial charge in [0.1, 0.15) is 0 Å². The summed E-state index contributed by atoms with van der Waals surface area (Å²) < 4.78 is 2.46. The first-order chi connectivity index (χ1) is 38.2. The molecule has 77 heavy (non-hydrogen) atoms. The summed E-state index contributed by atoms with van der Waals surface area (Å²) in [6, 6.07) is 113. The van der Waals surface area contributed by atoms with E-state index >= 15 is 0 Å². The molecule has 3 heteroatoms. The Morgan fingerprint density at radius 3 is 1.35 bits per heavy atom. The Balaban J connectivity index is 1.04. The fourth-order valence-corrected chi connectivity index (χ4v) is 18.1. The summed E-state index contributed by atoms with van der Waals surface area (Å²) in [5, 5.41) is 13.0. The van der Waals surface area contributed by atoms with E-state index in [4.69, 9.17) is 0 Å². The lowest BCUT2D eigenvalue weighted by Gasteiger charge is -2.31. The third kappa shape index (κ3) is 7.09. The minimum atomic E-state index is -2.83. The molecule has 0 saturated carbocycles. The monoisotopic (exact) mass is 994 g/mol. The minimum absolute atomic E-state index is 1.07. The summed E-state index contributed by atoms with van der Waals surface area (Å²) in [4.78, 5) is 2.51. The van der Waals surface area contributed by atoms with E-state index in [1.54, 1.807) is 0 Å². The lowest BCUT2D eigenvalue weighted by atomic mass is 9.91. The standard InChI is InChI=1S/C74H50N2Si/c1-4-25-55(26-5-1)76-69-38-16-14-33-64(69)67-49-68(65-37-20-40-73-74(65)66-34-15-17-39-72(66)77(73,58-27-6-2-7-28-58)59-29-8-3-9-30-59)70(50-71(67)76)75(56-45-41-53(42-46-56)62-35-18-23-51-21-10-12-31-60(51)62)57-47-43-54(44-48-57)63-36-19-24-52-22-11-13-32-61(52)63/h1-50H. The second-order valence-corrected chi connectivity index (χ2v) is 24.0. The van der Waals surface area contributed by atoms with Crippen molar-refractivity contribution in [2.24, 2.45) is 0 Å². The van der Waals surface area contributed by atoms with Gasteiger partial charge in [-0.1, -0.05) is 249 Å². The summed E-state index contributed by atoms with van der Waals surface area (Å²) in [6.07, 6.45) is 0. The predicted octanol–water partition coefficient (Wildman–Crippen LogP) is 16.9. The van der Waals surface area contributed by atoms with Gasteiger partial charge < -0.3 is 9.47 Å². The number of nitrogens with zero attached hydrogens (tertiary/aromatic N) is 2. The van der Waals surface area contributed by atoms with E-state index in [1.807, 2.05) is 0 Å². The smallest absolute Gasteiger partial charge is 0.180 e. The number of rotatable bonds is 9. The van der Waals surface area contributed by atoms with E-state index < -0.39 is 8.07 Å². The van der Waals surface area contributed by atoms with E-state index in [0.717, 1.165) is 28.3 Å². The number of anilines is 3. The van der Waals surface area contributed by atoms with Crippen LogP contribution < -0.4 is 25.6 Å². The second-order valence-electron chi connectivity index (χ2n) is 20.3. The minimum Gasteiger partial charge on any atom is -0.310 e. The van der Waals surface area contributed by atoms with Crippen molar-refractivity contribution in [3.05, 3.63) is 303 Å². The Labute approximate surface area is 449 Å². The van der Waals surface area contributed by atoms with Crippen LogP contribution in [0.3, 0.4) is 0 Å². The molecule has 0 fully saturated rings. The molecule has 0 bridgehead atoms. The Morgan fingerprint density at radius 2 is 0.740 bits per heavy atom. The maximum atomic E-state index is 2.51. The summed E-state index contributed by atoms with van der Waals surface area (Å²) in [6.45, 7) is 0. The van der Waals surface area contributed by atoms with Gasteiger partial charge in [0.15, 0.2) is 8.07 Å². The topological polar surface area (TPSA) is 8.17 Å². The number of aromatic nitrogens is 1. The SMILES string of the molecule is c1ccc(-n2c3ccccc3c3cc(-c4cccc5c4-c4ccccc4[Si]5(c4ccccc4)c4ccccc4)c(N(c4ccc(-c5cccc6ccccc56)cc4)c4ccc(-c5cccc6ccccc56)cc4)cc32)cc1. The van der Waals surface area contributed by atoms with Gasteiger partial charge in [-0.05, 0) is 136 Å². The number of hydrogen-bond donors (Lipinski definition) is 0. The Morgan fingerprint density at radius 1 is 0.286 bits per heavy atom. The second kappa shape index (κ2) is 18.2. The first-order valence-electron chi connectivity index (χ1n) is 26.7. The summed E-state index contributed by atoms with van der Waals surface area (Å²) >= 11 is 0. The normalized spacial score (nSPS) is 12.5. The molecular weight excluding hydrogens is 945 g/mol. The molecule has 0 N–H and O–H groups in total. The lowest BCUT2D eigenvalue weighted by Crippen LogP contribution is -2.72. The first-order valence-corrected chi connectivity index (χ1v) is 28.7. The highest BCUT2D eigenvalue weighted by molar-refractivity contribution is 7.22. The number of para-hydroxylation sites is 2. The van der Waals surface area contributed by atoms with Crippen molar-refractivity contribution in [1.29, 1.82) is 0 Å². The Bertz CT molecular complexity index is 4370. The van der Waals surface area contributed by atoms with E-state index in [0.29, 0.717) is 0 Å². The quantitative estimate of drug-likeness (QED) is 0.131. The molecule has 2 nitrogen and oxygen atoms in total. The van der Waals surface area contributed by atoms with Gasteiger partial charge in [0.05, 0.1) is 16.7 Å². The zero-order chi connectivity index (χ0) is 50.9. The van der Waals surface area contributed by atoms with Crippen LogP contribution in [0.25, 0.3) is 93.5 Å². The third-order valence-corrected chi connectivity index (χ3v) is 21.1. The van der Waals surface area contributed by atoms with Crippen LogP contribution in [0.4, 0.5) is 17.1 Å². The molecule has 15 rings (SSSR count). The zero-order valence-electron chi connectivity index (χ0n) is 42.3. The average Bonchev–Trinajstić information content (AvgIpc) is 4.18. The van der Waals surface area contributed by atoms with Gasteiger partial charge >= 0.3 is 0 Å². The molecule has 0 saturated heterocycles. The van der Waals surface area contributed by atoms with Crippen molar-refractivity contribution >= 4 is 89.2 Å². The van der Waals surface area contributed by atoms with Gasteiger partial charge in [-0.15, -0.1) is 0 Å².